The normalized spacial score (nSPS) is 10.3. The molecule has 5 nitrogen and oxygen atoms in total. The molecule has 82 valence electrons. The second kappa shape index (κ2) is 4.44. The molecule has 2 aromatic rings. The molecule has 0 atom stereocenters. The lowest BCUT2D eigenvalue weighted by Gasteiger charge is -2.01. The molecule has 0 aliphatic rings. The highest BCUT2D eigenvalue weighted by Gasteiger charge is 2.01. The Kier molecular flexibility index (Phi) is 3.00. The molecule has 2 rings (SSSR count). The van der Waals surface area contributed by atoms with Crippen LogP contribution in [0, 0.1) is 0 Å². The standard InChI is InChI=1S/C10H9BrN4O/c11-7-3-1-6(2-4-7)5-8-13-9(12)15-10(16)14-8/h1-4H,5H2,(H3,12,13,14,15,16). The minimum absolute atomic E-state index is 0.00383. The number of anilines is 1. The van der Waals surface area contributed by atoms with Crippen LogP contribution in [0.2, 0.25) is 0 Å². The number of rotatable bonds is 2. The van der Waals surface area contributed by atoms with Gasteiger partial charge in [0.05, 0.1) is 0 Å². The van der Waals surface area contributed by atoms with E-state index in [1.165, 1.54) is 0 Å². The SMILES string of the molecule is Nc1nc(Cc2ccc(Br)cc2)[nH]c(=O)n1. The number of hydrogen-bond donors (Lipinski definition) is 2. The van der Waals surface area contributed by atoms with Gasteiger partial charge in [-0.3, -0.25) is 4.98 Å². The van der Waals surface area contributed by atoms with Gasteiger partial charge in [-0.1, -0.05) is 28.1 Å². The highest BCUT2D eigenvalue weighted by atomic mass is 79.9. The number of halogens is 1. The lowest BCUT2D eigenvalue weighted by atomic mass is 10.1. The van der Waals surface area contributed by atoms with E-state index in [9.17, 15) is 4.79 Å². The average Bonchev–Trinajstić information content (AvgIpc) is 2.20. The van der Waals surface area contributed by atoms with E-state index in [1.807, 2.05) is 24.3 Å². The molecular formula is C10H9BrN4O. The monoisotopic (exact) mass is 280 g/mol. The molecule has 0 spiro atoms. The van der Waals surface area contributed by atoms with Gasteiger partial charge in [0.1, 0.15) is 5.82 Å². The third-order valence-electron chi connectivity index (χ3n) is 2.00. The molecule has 1 aromatic carbocycles. The van der Waals surface area contributed by atoms with Crippen molar-refractivity contribution >= 4 is 21.9 Å². The molecule has 0 amide bonds. The fraction of sp³-hybridized carbons (Fsp3) is 0.100. The van der Waals surface area contributed by atoms with Crippen molar-refractivity contribution in [2.45, 2.75) is 6.42 Å². The maximum Gasteiger partial charge on any atom is 0.349 e. The summed E-state index contributed by atoms with van der Waals surface area (Å²) in [4.78, 5) is 21.0. The van der Waals surface area contributed by atoms with Crippen LogP contribution < -0.4 is 11.4 Å². The van der Waals surface area contributed by atoms with Crippen molar-refractivity contribution in [2.24, 2.45) is 0 Å². The van der Waals surface area contributed by atoms with Gasteiger partial charge < -0.3 is 5.73 Å². The summed E-state index contributed by atoms with van der Waals surface area (Å²) in [5.41, 5.74) is 5.95. The van der Waals surface area contributed by atoms with E-state index in [1.54, 1.807) is 0 Å². The minimum atomic E-state index is -0.473. The van der Waals surface area contributed by atoms with Crippen molar-refractivity contribution in [1.82, 2.24) is 15.0 Å². The molecule has 0 aliphatic carbocycles. The van der Waals surface area contributed by atoms with E-state index in [4.69, 9.17) is 5.73 Å². The van der Waals surface area contributed by atoms with Gasteiger partial charge in [-0.25, -0.2) is 4.79 Å². The summed E-state index contributed by atoms with van der Waals surface area (Å²) in [6.45, 7) is 0. The predicted octanol–water partition coefficient (Wildman–Crippen LogP) is 1.10. The van der Waals surface area contributed by atoms with E-state index in [0.29, 0.717) is 12.2 Å². The fourth-order valence-electron chi connectivity index (χ4n) is 1.33. The molecule has 0 saturated heterocycles. The quantitative estimate of drug-likeness (QED) is 0.863. The molecule has 1 heterocycles. The number of nitrogens with two attached hydrogens (primary N) is 1. The van der Waals surface area contributed by atoms with Crippen LogP contribution >= 0.6 is 15.9 Å². The Hall–Kier alpha value is -1.69. The van der Waals surface area contributed by atoms with E-state index >= 15 is 0 Å². The predicted molar refractivity (Wildman–Crippen MR) is 64.0 cm³/mol. The van der Waals surface area contributed by atoms with Gasteiger partial charge in [0.25, 0.3) is 0 Å². The first-order valence-electron chi connectivity index (χ1n) is 4.60. The van der Waals surface area contributed by atoms with Crippen LogP contribution in [0.1, 0.15) is 11.4 Å². The van der Waals surface area contributed by atoms with Crippen LogP contribution in [0.25, 0.3) is 0 Å². The van der Waals surface area contributed by atoms with Gasteiger partial charge >= 0.3 is 5.69 Å². The molecule has 6 heteroatoms. The molecule has 0 saturated carbocycles. The third kappa shape index (κ3) is 2.66. The number of benzene rings is 1. The van der Waals surface area contributed by atoms with Crippen molar-refractivity contribution in [2.75, 3.05) is 5.73 Å². The molecule has 1 aromatic heterocycles. The summed E-state index contributed by atoms with van der Waals surface area (Å²) in [5, 5.41) is 0. The smallest absolute Gasteiger partial charge is 0.349 e. The summed E-state index contributed by atoms with van der Waals surface area (Å²) >= 11 is 3.35. The first-order chi connectivity index (χ1) is 7.63. The van der Waals surface area contributed by atoms with Crippen LogP contribution in [-0.4, -0.2) is 15.0 Å². The number of nitrogen functional groups attached to an aromatic ring is 1. The first-order valence-corrected chi connectivity index (χ1v) is 5.40. The van der Waals surface area contributed by atoms with Crippen LogP contribution in [0.3, 0.4) is 0 Å². The summed E-state index contributed by atoms with van der Waals surface area (Å²) in [7, 11) is 0. The van der Waals surface area contributed by atoms with Gasteiger partial charge in [-0.2, -0.15) is 9.97 Å². The number of H-pyrrole nitrogens is 1. The zero-order valence-electron chi connectivity index (χ0n) is 8.27. The highest BCUT2D eigenvalue weighted by Crippen LogP contribution is 2.12. The molecule has 0 aliphatic heterocycles. The molecular weight excluding hydrogens is 272 g/mol. The van der Waals surface area contributed by atoms with Gasteiger partial charge in [0, 0.05) is 10.9 Å². The Morgan fingerprint density at radius 1 is 1.25 bits per heavy atom. The maximum atomic E-state index is 11.1. The van der Waals surface area contributed by atoms with E-state index in [0.717, 1.165) is 10.0 Å². The van der Waals surface area contributed by atoms with Crippen molar-refractivity contribution in [3.05, 3.63) is 50.6 Å². The van der Waals surface area contributed by atoms with Gasteiger partial charge in [0.15, 0.2) is 0 Å². The van der Waals surface area contributed by atoms with Gasteiger partial charge in [-0.15, -0.1) is 0 Å². The minimum Gasteiger partial charge on any atom is -0.368 e. The Balaban J connectivity index is 2.26. The number of aromatic nitrogens is 3. The van der Waals surface area contributed by atoms with E-state index in [-0.39, 0.29) is 5.95 Å². The second-order valence-corrected chi connectivity index (χ2v) is 4.18. The van der Waals surface area contributed by atoms with Crippen LogP contribution in [0.4, 0.5) is 5.95 Å². The molecule has 0 fully saturated rings. The number of aromatic amines is 1. The number of nitrogens with zero attached hydrogens (tertiary/aromatic N) is 2. The Bertz CT molecular complexity index is 549. The van der Waals surface area contributed by atoms with Gasteiger partial charge in [0.2, 0.25) is 5.95 Å². The Morgan fingerprint density at radius 2 is 1.94 bits per heavy atom. The lowest BCUT2D eigenvalue weighted by Crippen LogP contribution is -2.17. The summed E-state index contributed by atoms with van der Waals surface area (Å²) < 4.78 is 1.01. The molecule has 0 bridgehead atoms. The Morgan fingerprint density at radius 3 is 2.56 bits per heavy atom. The van der Waals surface area contributed by atoms with Crippen molar-refractivity contribution < 1.29 is 0 Å². The van der Waals surface area contributed by atoms with Gasteiger partial charge in [-0.05, 0) is 17.7 Å². The second-order valence-electron chi connectivity index (χ2n) is 3.26. The summed E-state index contributed by atoms with van der Waals surface area (Å²) in [6.07, 6.45) is 0.523. The molecule has 0 unspecified atom stereocenters. The van der Waals surface area contributed by atoms with Crippen LogP contribution in [0.15, 0.2) is 33.5 Å². The Labute approximate surface area is 99.9 Å². The zero-order chi connectivity index (χ0) is 11.5. The molecule has 16 heavy (non-hydrogen) atoms. The van der Waals surface area contributed by atoms with Crippen LogP contribution in [-0.2, 0) is 6.42 Å². The van der Waals surface area contributed by atoms with Crippen molar-refractivity contribution in [1.29, 1.82) is 0 Å². The molecule has 3 N–H and O–H groups in total. The topological polar surface area (TPSA) is 84.7 Å². The maximum absolute atomic E-state index is 11.1. The average molecular weight is 281 g/mol. The summed E-state index contributed by atoms with van der Waals surface area (Å²) in [6, 6.07) is 7.75. The van der Waals surface area contributed by atoms with Crippen molar-refractivity contribution in [3.8, 4) is 0 Å². The summed E-state index contributed by atoms with van der Waals surface area (Å²) in [5.74, 6) is 0.510. The van der Waals surface area contributed by atoms with E-state index in [2.05, 4.69) is 30.9 Å². The van der Waals surface area contributed by atoms with E-state index < -0.39 is 5.69 Å². The third-order valence-corrected chi connectivity index (χ3v) is 2.53. The number of nitrogens with one attached hydrogen (secondary N) is 1. The largest absolute Gasteiger partial charge is 0.368 e. The fourth-order valence-corrected chi connectivity index (χ4v) is 1.59. The van der Waals surface area contributed by atoms with Crippen LogP contribution in [0.5, 0.6) is 0 Å². The van der Waals surface area contributed by atoms with Crippen molar-refractivity contribution in [3.63, 3.8) is 0 Å². The first kappa shape index (κ1) is 10.8. The zero-order valence-corrected chi connectivity index (χ0v) is 9.86. The lowest BCUT2D eigenvalue weighted by molar-refractivity contribution is 0.893. The number of hydrogen-bond acceptors (Lipinski definition) is 4. The molecule has 0 radical (unpaired) electrons. The highest BCUT2D eigenvalue weighted by molar-refractivity contribution is 9.10.